The highest BCUT2D eigenvalue weighted by atomic mass is 127. The molecule has 0 saturated heterocycles. The normalized spacial score (nSPS) is 11.2. The Kier molecular flexibility index (Phi) is 5.34. The summed E-state index contributed by atoms with van der Waals surface area (Å²) in [6, 6.07) is 11.2. The third-order valence-electron chi connectivity index (χ3n) is 3.53. The number of carbonyl (C=O) groups excluding carboxylic acids is 1. The van der Waals surface area contributed by atoms with E-state index in [-0.39, 0.29) is 11.4 Å². The highest BCUT2D eigenvalue weighted by molar-refractivity contribution is 14.1. The maximum atomic E-state index is 12.5. The molecular weight excluding hydrogens is 403 g/mol. The number of rotatable bonds is 3. The summed E-state index contributed by atoms with van der Waals surface area (Å²) in [5.74, 6) is 0.992. The predicted molar refractivity (Wildman–Crippen MR) is 101 cm³/mol. The van der Waals surface area contributed by atoms with Crippen LogP contribution in [-0.2, 0) is 5.41 Å². The van der Waals surface area contributed by atoms with Gasteiger partial charge in [-0.25, -0.2) is 4.79 Å². The highest BCUT2D eigenvalue weighted by Crippen LogP contribution is 2.33. The van der Waals surface area contributed by atoms with E-state index in [0.717, 1.165) is 20.4 Å². The monoisotopic (exact) mass is 424 g/mol. The van der Waals surface area contributed by atoms with Crippen LogP contribution in [0.25, 0.3) is 0 Å². The highest BCUT2D eigenvalue weighted by Gasteiger charge is 2.21. The van der Waals surface area contributed by atoms with E-state index in [0.29, 0.717) is 11.3 Å². The summed E-state index contributed by atoms with van der Waals surface area (Å²) in [4.78, 5) is 12.5. The van der Waals surface area contributed by atoms with E-state index < -0.39 is 0 Å². The second kappa shape index (κ2) is 6.91. The Bertz CT molecular complexity index is 730. The molecule has 2 rings (SSSR count). The third kappa shape index (κ3) is 4.25. The first-order valence-electron chi connectivity index (χ1n) is 7.39. The Morgan fingerprint density at radius 1 is 1.04 bits per heavy atom. The van der Waals surface area contributed by atoms with Gasteiger partial charge in [-0.3, -0.25) is 0 Å². The van der Waals surface area contributed by atoms with Crippen LogP contribution >= 0.6 is 22.6 Å². The van der Waals surface area contributed by atoms with Gasteiger partial charge in [-0.15, -0.1) is 0 Å². The molecule has 2 aromatic rings. The number of carbonyl (C=O) groups is 1. The summed E-state index contributed by atoms with van der Waals surface area (Å²) in [5.41, 5.74) is 2.58. The lowest BCUT2D eigenvalue weighted by molar-refractivity contribution is 0.0731. The van der Waals surface area contributed by atoms with Gasteiger partial charge in [0.05, 0.1) is 16.2 Å². The molecule has 0 N–H and O–H groups in total. The molecule has 0 spiro atoms. The third-order valence-corrected chi connectivity index (χ3v) is 4.38. The molecule has 0 atom stereocenters. The fraction of sp³-hybridized carbons (Fsp3) is 0.316. The molecule has 122 valence electrons. The number of hydrogen-bond acceptors (Lipinski definition) is 3. The van der Waals surface area contributed by atoms with Crippen LogP contribution < -0.4 is 9.47 Å². The molecule has 0 heterocycles. The molecule has 2 aromatic carbocycles. The Balaban J connectivity index is 2.32. The molecule has 4 heteroatoms. The number of esters is 1. The van der Waals surface area contributed by atoms with Crippen molar-refractivity contribution in [3.63, 3.8) is 0 Å². The first-order valence-corrected chi connectivity index (χ1v) is 8.47. The Morgan fingerprint density at radius 3 is 2.26 bits per heavy atom. The number of halogens is 1. The molecule has 23 heavy (non-hydrogen) atoms. The average molecular weight is 424 g/mol. The van der Waals surface area contributed by atoms with Crippen molar-refractivity contribution in [2.24, 2.45) is 0 Å². The molecule has 0 amide bonds. The molecule has 0 bridgehead atoms. The lowest BCUT2D eigenvalue weighted by Crippen LogP contribution is -2.16. The van der Waals surface area contributed by atoms with Crippen LogP contribution in [0.5, 0.6) is 11.5 Å². The molecule has 3 nitrogen and oxygen atoms in total. The maximum Gasteiger partial charge on any atom is 0.343 e. The molecule has 0 aliphatic heterocycles. The van der Waals surface area contributed by atoms with Crippen LogP contribution in [0.2, 0.25) is 0 Å². The van der Waals surface area contributed by atoms with Crippen LogP contribution in [0.4, 0.5) is 0 Å². The smallest absolute Gasteiger partial charge is 0.343 e. The van der Waals surface area contributed by atoms with Gasteiger partial charge in [-0.1, -0.05) is 38.5 Å². The molecule has 0 unspecified atom stereocenters. The van der Waals surface area contributed by atoms with E-state index in [1.807, 2.05) is 19.1 Å². The van der Waals surface area contributed by atoms with E-state index in [1.165, 1.54) is 0 Å². The van der Waals surface area contributed by atoms with Crippen LogP contribution in [0.15, 0.2) is 36.4 Å². The number of benzene rings is 2. The lowest BCUT2D eigenvalue weighted by Gasteiger charge is -2.22. The van der Waals surface area contributed by atoms with Crippen molar-refractivity contribution in [3.8, 4) is 11.5 Å². The fourth-order valence-electron chi connectivity index (χ4n) is 2.27. The van der Waals surface area contributed by atoms with E-state index in [2.05, 4.69) is 49.4 Å². The molecule has 0 radical (unpaired) electrons. The zero-order valence-electron chi connectivity index (χ0n) is 14.1. The quantitative estimate of drug-likeness (QED) is 0.390. The minimum absolute atomic E-state index is 0.101. The van der Waals surface area contributed by atoms with Gasteiger partial charge in [-0.2, -0.15) is 0 Å². The van der Waals surface area contributed by atoms with E-state index in [4.69, 9.17) is 9.47 Å². The topological polar surface area (TPSA) is 35.5 Å². The van der Waals surface area contributed by atoms with Gasteiger partial charge in [0.2, 0.25) is 0 Å². The van der Waals surface area contributed by atoms with Crippen molar-refractivity contribution in [2.75, 3.05) is 7.11 Å². The molecule has 0 fully saturated rings. The Morgan fingerprint density at radius 2 is 1.70 bits per heavy atom. The van der Waals surface area contributed by atoms with Gasteiger partial charge in [0.15, 0.2) is 0 Å². The largest absolute Gasteiger partial charge is 0.496 e. The first-order chi connectivity index (χ1) is 10.7. The van der Waals surface area contributed by atoms with E-state index in [1.54, 1.807) is 25.3 Å². The van der Waals surface area contributed by atoms with Crippen molar-refractivity contribution in [1.29, 1.82) is 0 Å². The maximum absolute atomic E-state index is 12.5. The predicted octanol–water partition coefficient (Wildman–Crippen LogP) is 5.12. The molecule has 0 aromatic heterocycles. The van der Waals surface area contributed by atoms with Crippen molar-refractivity contribution >= 4 is 28.6 Å². The number of aryl methyl sites for hydroxylation is 1. The van der Waals surface area contributed by atoms with E-state index >= 15 is 0 Å². The van der Waals surface area contributed by atoms with Gasteiger partial charge < -0.3 is 9.47 Å². The fourth-order valence-corrected chi connectivity index (χ4v) is 3.01. The molecular formula is C19H21IO3. The lowest BCUT2D eigenvalue weighted by atomic mass is 9.85. The summed E-state index contributed by atoms with van der Waals surface area (Å²) >= 11 is 2.14. The number of ether oxygens (including phenoxy) is 2. The minimum Gasteiger partial charge on any atom is -0.496 e. The Labute approximate surface area is 151 Å². The standard InChI is InChI=1S/C19H21IO3/c1-12-6-8-16(14(10-12)19(2,3)4)23-18(21)13-7-9-17(22-5)15(20)11-13/h6-11H,1-5H3. The van der Waals surface area contributed by atoms with Crippen molar-refractivity contribution in [2.45, 2.75) is 33.1 Å². The summed E-state index contributed by atoms with van der Waals surface area (Å²) in [6.45, 7) is 8.35. The Hall–Kier alpha value is -1.56. The zero-order chi connectivity index (χ0) is 17.2. The second-order valence-corrected chi connectivity index (χ2v) is 7.65. The van der Waals surface area contributed by atoms with Gasteiger partial charge in [-0.05, 0) is 59.2 Å². The minimum atomic E-state index is -0.361. The SMILES string of the molecule is COc1ccc(C(=O)Oc2ccc(C)cc2C(C)(C)C)cc1I. The van der Waals surface area contributed by atoms with Crippen LogP contribution in [0.1, 0.15) is 42.3 Å². The van der Waals surface area contributed by atoms with E-state index in [9.17, 15) is 4.79 Å². The van der Waals surface area contributed by atoms with Crippen molar-refractivity contribution in [3.05, 3.63) is 56.7 Å². The van der Waals surface area contributed by atoms with Crippen LogP contribution in [0, 0.1) is 10.5 Å². The van der Waals surface area contributed by atoms with Crippen molar-refractivity contribution < 1.29 is 14.3 Å². The van der Waals surface area contributed by atoms with Crippen LogP contribution in [0.3, 0.4) is 0 Å². The van der Waals surface area contributed by atoms with Gasteiger partial charge in [0.25, 0.3) is 0 Å². The number of hydrogen-bond donors (Lipinski definition) is 0. The number of methoxy groups -OCH3 is 1. The van der Waals surface area contributed by atoms with Gasteiger partial charge in [0, 0.05) is 5.56 Å². The summed E-state index contributed by atoms with van der Waals surface area (Å²) in [5, 5.41) is 0. The van der Waals surface area contributed by atoms with Gasteiger partial charge >= 0.3 is 5.97 Å². The molecule has 0 saturated carbocycles. The van der Waals surface area contributed by atoms with Crippen molar-refractivity contribution in [1.82, 2.24) is 0 Å². The second-order valence-electron chi connectivity index (χ2n) is 6.49. The summed E-state index contributed by atoms with van der Waals surface area (Å²) in [7, 11) is 1.61. The molecule has 0 aliphatic carbocycles. The molecule has 0 aliphatic rings. The average Bonchev–Trinajstić information content (AvgIpc) is 2.47. The summed E-state index contributed by atoms with van der Waals surface area (Å²) in [6.07, 6.45) is 0. The zero-order valence-corrected chi connectivity index (χ0v) is 16.2. The van der Waals surface area contributed by atoms with Gasteiger partial charge in [0.1, 0.15) is 11.5 Å². The summed E-state index contributed by atoms with van der Waals surface area (Å²) < 4.78 is 11.7. The van der Waals surface area contributed by atoms with Crippen LogP contribution in [-0.4, -0.2) is 13.1 Å². The first kappa shape index (κ1) is 17.8.